The average Bonchev–Trinajstić information content (AvgIpc) is 2.39. The molecule has 1 nitrogen and oxygen atoms in total. The maximum absolute atomic E-state index is 13.6. The molecule has 0 unspecified atom stereocenters. The zero-order valence-electron chi connectivity index (χ0n) is 11.6. The molecule has 0 amide bonds. The summed E-state index contributed by atoms with van der Waals surface area (Å²) in [5.74, 6) is -1.81. The van der Waals surface area contributed by atoms with Gasteiger partial charge in [-0.15, -0.1) is 6.58 Å². The third-order valence-electron chi connectivity index (χ3n) is 3.55. The van der Waals surface area contributed by atoms with Gasteiger partial charge in [0.1, 0.15) is 0 Å². The fraction of sp³-hybridized carbons (Fsp3) is 0.500. The number of hydrogen-bond acceptors (Lipinski definition) is 1. The summed E-state index contributed by atoms with van der Waals surface area (Å²) in [6.07, 6.45) is 5.68. The van der Waals surface area contributed by atoms with Crippen molar-refractivity contribution in [2.24, 2.45) is 5.92 Å². The minimum atomic E-state index is -1.11. The van der Waals surface area contributed by atoms with Crippen molar-refractivity contribution < 1.29 is 13.9 Å². The zero-order valence-corrected chi connectivity index (χ0v) is 11.6. The second kappa shape index (κ2) is 7.27. The molecule has 0 aromatic heterocycles. The van der Waals surface area contributed by atoms with Crippen molar-refractivity contribution in [3.05, 3.63) is 42.0 Å². The van der Waals surface area contributed by atoms with Gasteiger partial charge in [0.05, 0.1) is 0 Å². The van der Waals surface area contributed by atoms with Crippen LogP contribution >= 0.6 is 0 Å². The van der Waals surface area contributed by atoms with Crippen LogP contribution in [0.3, 0.4) is 0 Å². The van der Waals surface area contributed by atoms with Gasteiger partial charge in [0, 0.05) is 0 Å². The molecule has 1 aromatic rings. The summed E-state index contributed by atoms with van der Waals surface area (Å²) in [5.41, 5.74) is 0.419. The third kappa shape index (κ3) is 4.05. The molecule has 0 heterocycles. The van der Waals surface area contributed by atoms with Gasteiger partial charge in [-0.05, 0) is 43.2 Å². The number of halogens is 2. The molecule has 1 saturated carbocycles. The highest BCUT2D eigenvalue weighted by Gasteiger charge is 2.24. The summed E-state index contributed by atoms with van der Waals surface area (Å²) in [5, 5.41) is 9.05. The number of allylic oxidation sites excluding steroid dienone is 1. The van der Waals surface area contributed by atoms with Crippen LogP contribution in [-0.2, 0) is 0 Å². The van der Waals surface area contributed by atoms with E-state index in [9.17, 15) is 8.78 Å². The summed E-state index contributed by atoms with van der Waals surface area (Å²) in [6.45, 7) is 7.43. The Morgan fingerprint density at radius 3 is 2.21 bits per heavy atom. The average molecular weight is 268 g/mol. The first-order chi connectivity index (χ1) is 9.01. The Kier molecular flexibility index (Phi) is 6.00. The smallest absolute Gasteiger partial charge is 0.200 e. The Balaban J connectivity index is 0.000000550. The van der Waals surface area contributed by atoms with Crippen LogP contribution in [0.15, 0.2) is 24.8 Å². The minimum Gasteiger partial charge on any atom is -0.505 e. The quantitative estimate of drug-likeness (QED) is 0.698. The Labute approximate surface area is 114 Å². The van der Waals surface area contributed by atoms with Crippen molar-refractivity contribution >= 4 is 0 Å². The largest absolute Gasteiger partial charge is 0.505 e. The molecule has 0 radical (unpaired) electrons. The molecular formula is C16H22F2O. The van der Waals surface area contributed by atoms with Gasteiger partial charge in [0.25, 0.3) is 0 Å². The van der Waals surface area contributed by atoms with E-state index in [1.807, 2.05) is 6.92 Å². The van der Waals surface area contributed by atoms with E-state index >= 15 is 0 Å². The normalized spacial score (nSPS) is 22.3. The van der Waals surface area contributed by atoms with Crippen molar-refractivity contribution in [2.75, 3.05) is 0 Å². The fourth-order valence-corrected chi connectivity index (χ4v) is 2.44. The summed E-state index contributed by atoms with van der Waals surface area (Å²) < 4.78 is 26.8. The highest BCUT2D eigenvalue weighted by molar-refractivity contribution is 5.32. The molecule has 1 aliphatic carbocycles. The Morgan fingerprint density at radius 1 is 1.16 bits per heavy atom. The summed E-state index contributed by atoms with van der Waals surface area (Å²) in [7, 11) is 0. The number of phenolic OH excluding ortho intramolecular Hbond substituents is 1. The van der Waals surface area contributed by atoms with Gasteiger partial charge in [-0.25, -0.2) is 4.39 Å². The summed E-state index contributed by atoms with van der Waals surface area (Å²) in [4.78, 5) is 0. The van der Waals surface area contributed by atoms with Gasteiger partial charge in [0.15, 0.2) is 11.6 Å². The first-order valence-electron chi connectivity index (χ1n) is 6.75. The Morgan fingerprint density at radius 2 is 1.68 bits per heavy atom. The van der Waals surface area contributed by atoms with Crippen molar-refractivity contribution in [1.82, 2.24) is 0 Å². The van der Waals surface area contributed by atoms with Crippen LogP contribution in [0.1, 0.15) is 51.0 Å². The van der Waals surface area contributed by atoms with Gasteiger partial charge in [-0.2, -0.15) is 4.39 Å². The van der Waals surface area contributed by atoms with Crippen LogP contribution in [0, 0.1) is 17.6 Å². The van der Waals surface area contributed by atoms with Crippen molar-refractivity contribution in [1.29, 1.82) is 0 Å². The minimum absolute atomic E-state index is 0.103. The van der Waals surface area contributed by atoms with Crippen LogP contribution in [0.25, 0.3) is 0 Å². The molecule has 3 heteroatoms. The molecule has 0 aliphatic heterocycles. The third-order valence-corrected chi connectivity index (χ3v) is 3.55. The van der Waals surface area contributed by atoms with Gasteiger partial charge >= 0.3 is 0 Å². The van der Waals surface area contributed by atoms with Crippen LogP contribution < -0.4 is 0 Å². The number of phenols is 1. The van der Waals surface area contributed by atoms with E-state index in [1.165, 1.54) is 12.1 Å². The fourth-order valence-electron chi connectivity index (χ4n) is 2.44. The van der Waals surface area contributed by atoms with Crippen LogP contribution in [-0.4, -0.2) is 5.11 Å². The molecule has 19 heavy (non-hydrogen) atoms. The van der Waals surface area contributed by atoms with E-state index in [-0.39, 0.29) is 5.92 Å². The summed E-state index contributed by atoms with van der Waals surface area (Å²) >= 11 is 0. The lowest BCUT2D eigenvalue weighted by atomic mass is 9.79. The lowest BCUT2D eigenvalue weighted by Gasteiger charge is -2.26. The lowest BCUT2D eigenvalue weighted by Crippen LogP contribution is -2.12. The van der Waals surface area contributed by atoms with Crippen molar-refractivity contribution in [2.45, 2.75) is 45.4 Å². The number of aromatic hydroxyl groups is 1. The zero-order chi connectivity index (χ0) is 14.4. The predicted octanol–water partition coefficient (Wildman–Crippen LogP) is 5.16. The Bertz CT molecular complexity index is 421. The van der Waals surface area contributed by atoms with Crippen LogP contribution in [0.2, 0.25) is 0 Å². The molecule has 0 atom stereocenters. The SMILES string of the molecule is C=CC.CC1CCC(c2ccc(O)c(F)c2F)CC1. The maximum Gasteiger partial charge on any atom is 0.200 e. The summed E-state index contributed by atoms with van der Waals surface area (Å²) in [6, 6.07) is 2.75. The standard InChI is InChI=1S/C13H16F2O.C3H6/c1-8-2-4-9(5-3-8)10-6-7-11(16)13(15)12(10)14;1-3-2/h6-9,16H,2-5H2,1H3;3H,1H2,2H3. The highest BCUT2D eigenvalue weighted by atomic mass is 19.2. The molecule has 1 aliphatic rings. The topological polar surface area (TPSA) is 20.2 Å². The maximum atomic E-state index is 13.6. The molecule has 1 fully saturated rings. The molecule has 2 rings (SSSR count). The molecule has 106 valence electrons. The number of benzene rings is 1. The molecule has 0 spiro atoms. The predicted molar refractivity (Wildman–Crippen MR) is 74.3 cm³/mol. The van der Waals surface area contributed by atoms with Gasteiger partial charge < -0.3 is 5.11 Å². The monoisotopic (exact) mass is 268 g/mol. The van der Waals surface area contributed by atoms with E-state index in [1.54, 1.807) is 6.08 Å². The van der Waals surface area contributed by atoms with Gasteiger partial charge in [0.2, 0.25) is 5.82 Å². The van der Waals surface area contributed by atoms with E-state index in [4.69, 9.17) is 5.11 Å². The molecule has 1 aromatic carbocycles. The van der Waals surface area contributed by atoms with Gasteiger partial charge in [-0.1, -0.05) is 31.9 Å². The van der Waals surface area contributed by atoms with E-state index in [2.05, 4.69) is 13.5 Å². The van der Waals surface area contributed by atoms with Crippen LogP contribution in [0.4, 0.5) is 8.78 Å². The second-order valence-corrected chi connectivity index (χ2v) is 5.17. The molecule has 0 saturated heterocycles. The van der Waals surface area contributed by atoms with Gasteiger partial charge in [-0.3, -0.25) is 0 Å². The van der Waals surface area contributed by atoms with Crippen molar-refractivity contribution in [3.8, 4) is 5.75 Å². The molecular weight excluding hydrogens is 246 g/mol. The molecule has 1 N–H and O–H groups in total. The Hall–Kier alpha value is -1.38. The van der Waals surface area contributed by atoms with Crippen molar-refractivity contribution in [3.63, 3.8) is 0 Å². The lowest BCUT2D eigenvalue weighted by molar-refractivity contribution is 0.336. The first kappa shape index (κ1) is 15.7. The van der Waals surface area contributed by atoms with E-state index in [0.717, 1.165) is 25.7 Å². The van der Waals surface area contributed by atoms with E-state index < -0.39 is 17.4 Å². The van der Waals surface area contributed by atoms with E-state index in [0.29, 0.717) is 11.5 Å². The highest BCUT2D eigenvalue weighted by Crippen LogP contribution is 2.38. The number of rotatable bonds is 1. The first-order valence-corrected chi connectivity index (χ1v) is 6.75. The molecule has 0 bridgehead atoms. The number of hydrogen-bond donors (Lipinski definition) is 1. The second-order valence-electron chi connectivity index (χ2n) is 5.17. The van der Waals surface area contributed by atoms with Crippen LogP contribution in [0.5, 0.6) is 5.75 Å².